The van der Waals surface area contributed by atoms with Crippen molar-refractivity contribution in [1.82, 2.24) is 9.97 Å². The first kappa shape index (κ1) is 13.8. The number of hydrogen-bond donors (Lipinski definition) is 2. The van der Waals surface area contributed by atoms with Crippen molar-refractivity contribution in [3.63, 3.8) is 0 Å². The molecule has 6 heteroatoms. The van der Waals surface area contributed by atoms with Gasteiger partial charge in [-0.3, -0.25) is 4.79 Å². The van der Waals surface area contributed by atoms with E-state index in [1.807, 2.05) is 6.07 Å². The normalized spacial score (nSPS) is 10.1. The molecule has 0 radical (unpaired) electrons. The fourth-order valence-electron chi connectivity index (χ4n) is 1.87. The van der Waals surface area contributed by atoms with Gasteiger partial charge in [-0.1, -0.05) is 12.1 Å². The zero-order valence-electron chi connectivity index (χ0n) is 11.3. The summed E-state index contributed by atoms with van der Waals surface area (Å²) in [7, 11) is 0. The zero-order valence-corrected chi connectivity index (χ0v) is 11.3. The van der Waals surface area contributed by atoms with E-state index >= 15 is 0 Å². The van der Waals surface area contributed by atoms with Crippen LogP contribution in [0, 0.1) is 6.92 Å². The minimum Gasteiger partial charge on any atom is -0.461 e. The molecule has 1 heterocycles. The van der Waals surface area contributed by atoms with E-state index in [0.717, 1.165) is 0 Å². The molecule has 2 N–H and O–H groups in total. The Morgan fingerprint density at radius 1 is 1.45 bits per heavy atom. The highest BCUT2D eigenvalue weighted by atomic mass is 16.5. The Labute approximate surface area is 116 Å². The van der Waals surface area contributed by atoms with Crippen LogP contribution < -0.4 is 5.32 Å². The van der Waals surface area contributed by atoms with Crippen molar-refractivity contribution < 1.29 is 14.3 Å². The molecule has 2 rings (SSSR count). The Balaban J connectivity index is 2.42. The number of hydrogen-bond acceptors (Lipinski definition) is 4. The third-order valence-corrected chi connectivity index (χ3v) is 2.75. The van der Waals surface area contributed by atoms with Gasteiger partial charge in [0.2, 0.25) is 6.41 Å². The molecule has 0 saturated heterocycles. The van der Waals surface area contributed by atoms with E-state index in [-0.39, 0.29) is 5.69 Å². The maximum Gasteiger partial charge on any atom is 0.358 e. The predicted molar refractivity (Wildman–Crippen MR) is 74.4 cm³/mol. The summed E-state index contributed by atoms with van der Waals surface area (Å²) in [6, 6.07) is 7.19. The quantitative estimate of drug-likeness (QED) is 0.645. The number of benzene rings is 1. The highest BCUT2D eigenvalue weighted by Gasteiger charge is 2.17. The van der Waals surface area contributed by atoms with E-state index in [0.29, 0.717) is 35.8 Å². The number of carbonyl (C=O) groups is 2. The molecule has 1 amide bonds. The zero-order chi connectivity index (χ0) is 14.5. The van der Waals surface area contributed by atoms with Gasteiger partial charge in [-0.25, -0.2) is 9.78 Å². The first-order chi connectivity index (χ1) is 9.67. The van der Waals surface area contributed by atoms with Crippen molar-refractivity contribution in [2.24, 2.45) is 0 Å². The molecule has 1 aromatic heterocycles. The third-order valence-electron chi connectivity index (χ3n) is 2.75. The van der Waals surface area contributed by atoms with Crippen LogP contribution in [-0.2, 0) is 9.53 Å². The van der Waals surface area contributed by atoms with Crippen LogP contribution in [0.1, 0.15) is 23.1 Å². The van der Waals surface area contributed by atoms with Crippen molar-refractivity contribution in [1.29, 1.82) is 0 Å². The Bertz CT molecular complexity index is 634. The maximum atomic E-state index is 11.7. The average Bonchev–Trinajstić information content (AvgIpc) is 2.82. The minimum absolute atomic E-state index is 0.253. The smallest absolute Gasteiger partial charge is 0.358 e. The Morgan fingerprint density at radius 3 is 2.90 bits per heavy atom. The Morgan fingerprint density at radius 2 is 2.20 bits per heavy atom. The number of amides is 1. The first-order valence-corrected chi connectivity index (χ1v) is 6.20. The molecule has 0 unspecified atom stereocenters. The number of carbonyl (C=O) groups excluding carboxylic acids is 2. The lowest BCUT2D eigenvalue weighted by Crippen LogP contribution is -2.06. The predicted octanol–water partition coefficient (Wildman–Crippen LogP) is 2.13. The standard InChI is InChI=1S/C14H15N3O3/c1-3-20-14(19)12-9(2)16-13(17-12)10-6-4-5-7-11(10)15-8-18/h4-8H,3H2,1-2H3,(H,15,18)(H,16,17). The fraction of sp³-hybridized carbons (Fsp3) is 0.214. The van der Waals surface area contributed by atoms with Crippen molar-refractivity contribution in [3.8, 4) is 11.4 Å². The average molecular weight is 273 g/mol. The molecule has 0 spiro atoms. The van der Waals surface area contributed by atoms with Gasteiger partial charge in [-0.15, -0.1) is 0 Å². The fourth-order valence-corrected chi connectivity index (χ4v) is 1.87. The van der Waals surface area contributed by atoms with Crippen LogP contribution in [-0.4, -0.2) is 29.0 Å². The summed E-state index contributed by atoms with van der Waals surface area (Å²) in [6.07, 6.45) is 0.598. The Kier molecular flexibility index (Phi) is 4.14. The number of nitrogens with one attached hydrogen (secondary N) is 2. The van der Waals surface area contributed by atoms with Gasteiger partial charge in [0, 0.05) is 11.3 Å². The molecule has 0 saturated carbocycles. The number of imidazole rings is 1. The number of ether oxygens (including phenoxy) is 1. The van der Waals surface area contributed by atoms with Crippen molar-refractivity contribution in [3.05, 3.63) is 35.7 Å². The second-order valence-corrected chi connectivity index (χ2v) is 4.09. The molecule has 0 fully saturated rings. The lowest BCUT2D eigenvalue weighted by atomic mass is 10.1. The van der Waals surface area contributed by atoms with E-state index in [1.54, 1.807) is 32.0 Å². The van der Waals surface area contributed by atoms with Gasteiger partial charge < -0.3 is 15.0 Å². The van der Waals surface area contributed by atoms with Crippen LogP contribution in [0.4, 0.5) is 5.69 Å². The van der Waals surface area contributed by atoms with Gasteiger partial charge >= 0.3 is 5.97 Å². The molecule has 6 nitrogen and oxygen atoms in total. The third kappa shape index (κ3) is 2.69. The van der Waals surface area contributed by atoms with Crippen LogP contribution in [0.5, 0.6) is 0 Å². The summed E-state index contributed by atoms with van der Waals surface area (Å²) in [4.78, 5) is 29.6. The summed E-state index contributed by atoms with van der Waals surface area (Å²) in [5.41, 5.74) is 2.20. The van der Waals surface area contributed by atoms with Crippen LogP contribution in [0.3, 0.4) is 0 Å². The summed E-state index contributed by atoms with van der Waals surface area (Å²) < 4.78 is 4.94. The van der Waals surface area contributed by atoms with Crippen molar-refractivity contribution in [2.75, 3.05) is 11.9 Å². The molecule has 104 valence electrons. The summed E-state index contributed by atoms with van der Waals surface area (Å²) >= 11 is 0. The van der Waals surface area contributed by atoms with Crippen molar-refractivity contribution in [2.45, 2.75) is 13.8 Å². The largest absolute Gasteiger partial charge is 0.461 e. The first-order valence-electron chi connectivity index (χ1n) is 6.20. The lowest BCUT2D eigenvalue weighted by Gasteiger charge is -2.04. The number of aromatic amines is 1. The number of para-hydroxylation sites is 1. The van der Waals surface area contributed by atoms with Crippen LogP contribution in [0.2, 0.25) is 0 Å². The summed E-state index contributed by atoms with van der Waals surface area (Å²) in [5, 5.41) is 2.60. The molecule has 1 aromatic carbocycles. The summed E-state index contributed by atoms with van der Waals surface area (Å²) in [6.45, 7) is 3.78. The van der Waals surface area contributed by atoms with Crippen molar-refractivity contribution >= 4 is 18.1 Å². The molecule has 0 bridgehead atoms. The van der Waals surface area contributed by atoms with Crippen LogP contribution >= 0.6 is 0 Å². The molecule has 20 heavy (non-hydrogen) atoms. The van der Waals surface area contributed by atoms with Gasteiger partial charge in [-0.05, 0) is 26.0 Å². The molecule has 0 aliphatic rings. The molecule has 2 aromatic rings. The van der Waals surface area contributed by atoms with Gasteiger partial charge in [0.25, 0.3) is 0 Å². The van der Waals surface area contributed by atoms with E-state index in [1.165, 1.54) is 0 Å². The van der Waals surface area contributed by atoms with Gasteiger partial charge in [0.1, 0.15) is 5.82 Å². The minimum atomic E-state index is -0.465. The highest BCUT2D eigenvalue weighted by Crippen LogP contribution is 2.26. The topological polar surface area (TPSA) is 84.1 Å². The number of nitrogens with zero attached hydrogens (tertiary/aromatic N) is 1. The van der Waals surface area contributed by atoms with Gasteiger partial charge in [0.15, 0.2) is 5.69 Å². The number of anilines is 1. The molecular weight excluding hydrogens is 258 g/mol. The second kappa shape index (κ2) is 6.01. The van der Waals surface area contributed by atoms with Gasteiger partial charge in [-0.2, -0.15) is 0 Å². The number of H-pyrrole nitrogens is 1. The summed E-state index contributed by atoms with van der Waals surface area (Å²) in [5.74, 6) is 0.0452. The van der Waals surface area contributed by atoms with E-state index in [9.17, 15) is 9.59 Å². The van der Waals surface area contributed by atoms with Crippen LogP contribution in [0.15, 0.2) is 24.3 Å². The lowest BCUT2D eigenvalue weighted by molar-refractivity contribution is -0.105. The second-order valence-electron chi connectivity index (χ2n) is 4.09. The number of esters is 1. The van der Waals surface area contributed by atoms with E-state index in [4.69, 9.17) is 4.74 Å². The Hall–Kier alpha value is -2.63. The van der Waals surface area contributed by atoms with Crippen LogP contribution in [0.25, 0.3) is 11.4 Å². The molecular formula is C14H15N3O3. The van der Waals surface area contributed by atoms with E-state index < -0.39 is 5.97 Å². The molecule has 0 aliphatic heterocycles. The molecule has 0 aliphatic carbocycles. The monoisotopic (exact) mass is 273 g/mol. The SMILES string of the molecule is CCOC(=O)c1nc(-c2ccccc2NC=O)[nH]c1C. The van der Waals surface area contributed by atoms with E-state index in [2.05, 4.69) is 15.3 Å². The number of aromatic nitrogens is 2. The maximum absolute atomic E-state index is 11.7. The number of rotatable bonds is 5. The number of aryl methyl sites for hydroxylation is 1. The molecule has 0 atom stereocenters. The van der Waals surface area contributed by atoms with Gasteiger partial charge in [0.05, 0.1) is 12.3 Å². The highest BCUT2D eigenvalue weighted by molar-refractivity contribution is 5.90.